The van der Waals surface area contributed by atoms with Crippen LogP contribution in [0, 0.1) is 11.6 Å². The third kappa shape index (κ3) is 3.30. The van der Waals surface area contributed by atoms with Crippen molar-refractivity contribution in [2.75, 3.05) is 31.1 Å². The lowest BCUT2D eigenvalue weighted by atomic mass is 10.2. The van der Waals surface area contributed by atoms with Gasteiger partial charge in [0.1, 0.15) is 11.6 Å². The minimum Gasteiger partial charge on any atom is -0.369 e. The van der Waals surface area contributed by atoms with Crippen LogP contribution < -0.4 is 10.5 Å². The average Bonchev–Trinajstić information content (AvgIpc) is 2.84. The van der Waals surface area contributed by atoms with E-state index in [9.17, 15) is 13.6 Å². The molecule has 0 amide bonds. The van der Waals surface area contributed by atoms with Gasteiger partial charge in [0.15, 0.2) is 0 Å². The average molecular weight is 294 g/mol. The Morgan fingerprint density at radius 2 is 1.62 bits per heavy atom. The Morgan fingerprint density at radius 1 is 0.952 bits per heavy atom. The van der Waals surface area contributed by atoms with Crippen LogP contribution in [-0.4, -0.2) is 41.3 Å². The SMILES string of the molecule is O=c1cc(CN2CCN(c3cc(F)cc(F)c3)CC2)[nH][nH]1. The van der Waals surface area contributed by atoms with Gasteiger partial charge in [-0.3, -0.25) is 14.8 Å². The molecule has 0 bridgehead atoms. The first-order chi connectivity index (χ1) is 10.1. The second kappa shape index (κ2) is 5.69. The van der Waals surface area contributed by atoms with E-state index >= 15 is 0 Å². The van der Waals surface area contributed by atoms with Crippen LogP contribution in [-0.2, 0) is 6.54 Å². The summed E-state index contributed by atoms with van der Waals surface area (Å²) < 4.78 is 26.5. The number of nitrogens with one attached hydrogen (secondary N) is 2. The number of piperazine rings is 1. The molecule has 1 fully saturated rings. The quantitative estimate of drug-likeness (QED) is 0.897. The normalized spacial score (nSPS) is 16.4. The van der Waals surface area contributed by atoms with Gasteiger partial charge in [0.05, 0.1) is 5.69 Å². The van der Waals surface area contributed by atoms with Gasteiger partial charge in [-0.2, -0.15) is 0 Å². The van der Waals surface area contributed by atoms with E-state index in [1.165, 1.54) is 18.2 Å². The highest BCUT2D eigenvalue weighted by atomic mass is 19.1. The van der Waals surface area contributed by atoms with Crippen LogP contribution in [0.5, 0.6) is 0 Å². The summed E-state index contributed by atoms with van der Waals surface area (Å²) in [6.45, 7) is 3.58. The zero-order chi connectivity index (χ0) is 14.8. The van der Waals surface area contributed by atoms with E-state index in [-0.39, 0.29) is 5.56 Å². The summed E-state index contributed by atoms with van der Waals surface area (Å²) in [6.07, 6.45) is 0. The van der Waals surface area contributed by atoms with Crippen LogP contribution >= 0.6 is 0 Å². The number of nitrogens with zero attached hydrogens (tertiary/aromatic N) is 2. The van der Waals surface area contributed by atoms with E-state index in [4.69, 9.17) is 0 Å². The number of hydrogen-bond acceptors (Lipinski definition) is 3. The van der Waals surface area contributed by atoms with Crippen molar-refractivity contribution in [2.24, 2.45) is 0 Å². The number of aromatic amines is 2. The number of halogens is 2. The predicted molar refractivity (Wildman–Crippen MR) is 75.3 cm³/mol. The van der Waals surface area contributed by atoms with Crippen LogP contribution in [0.1, 0.15) is 5.69 Å². The zero-order valence-corrected chi connectivity index (χ0v) is 11.4. The minimum atomic E-state index is -0.558. The van der Waals surface area contributed by atoms with Gasteiger partial charge in [0.2, 0.25) is 0 Å². The fourth-order valence-corrected chi connectivity index (χ4v) is 2.58. The second-order valence-electron chi connectivity index (χ2n) is 5.17. The summed E-state index contributed by atoms with van der Waals surface area (Å²) in [5.74, 6) is -1.12. The van der Waals surface area contributed by atoms with Crippen LogP contribution in [0.3, 0.4) is 0 Å². The summed E-state index contributed by atoms with van der Waals surface area (Å²) in [5.41, 5.74) is 1.27. The van der Waals surface area contributed by atoms with Gasteiger partial charge in [0.25, 0.3) is 5.56 Å². The molecule has 0 atom stereocenters. The van der Waals surface area contributed by atoms with Gasteiger partial charge in [0, 0.05) is 50.5 Å². The van der Waals surface area contributed by atoms with Gasteiger partial charge in [-0.1, -0.05) is 0 Å². The molecule has 1 aromatic carbocycles. The standard InChI is InChI=1S/C14H16F2N4O/c15-10-5-11(16)7-13(6-10)20-3-1-19(2-4-20)9-12-8-14(21)18-17-12/h5-8H,1-4,9H2,(H2,17,18,21). The molecule has 1 aliphatic heterocycles. The fourth-order valence-electron chi connectivity index (χ4n) is 2.58. The first kappa shape index (κ1) is 13.8. The molecule has 112 valence electrons. The van der Waals surface area contributed by atoms with E-state index in [2.05, 4.69) is 15.1 Å². The van der Waals surface area contributed by atoms with Gasteiger partial charge < -0.3 is 10.00 Å². The Labute approximate surface area is 120 Å². The summed E-state index contributed by atoms with van der Waals surface area (Å²) in [7, 11) is 0. The molecule has 2 heterocycles. The van der Waals surface area contributed by atoms with Crippen LogP contribution in [0.25, 0.3) is 0 Å². The van der Waals surface area contributed by atoms with E-state index < -0.39 is 11.6 Å². The lowest BCUT2D eigenvalue weighted by Gasteiger charge is -2.35. The summed E-state index contributed by atoms with van der Waals surface area (Å²) >= 11 is 0. The van der Waals surface area contributed by atoms with E-state index in [1.54, 1.807) is 0 Å². The fraction of sp³-hybridized carbons (Fsp3) is 0.357. The molecule has 0 spiro atoms. The first-order valence-corrected chi connectivity index (χ1v) is 6.80. The molecule has 3 rings (SSSR count). The number of aromatic nitrogens is 2. The van der Waals surface area contributed by atoms with Gasteiger partial charge in [-0.15, -0.1) is 0 Å². The van der Waals surface area contributed by atoms with Crippen molar-refractivity contribution in [3.63, 3.8) is 0 Å². The largest absolute Gasteiger partial charge is 0.369 e. The second-order valence-corrected chi connectivity index (χ2v) is 5.17. The van der Waals surface area contributed by atoms with Crippen molar-refractivity contribution in [3.05, 3.63) is 51.9 Å². The maximum atomic E-state index is 13.2. The lowest BCUT2D eigenvalue weighted by molar-refractivity contribution is 0.247. The number of H-pyrrole nitrogens is 2. The molecule has 1 saturated heterocycles. The summed E-state index contributed by atoms with van der Waals surface area (Å²) in [6, 6.07) is 5.11. The van der Waals surface area contributed by atoms with Crippen molar-refractivity contribution in [2.45, 2.75) is 6.54 Å². The summed E-state index contributed by atoms with van der Waals surface area (Å²) in [4.78, 5) is 15.2. The smallest absolute Gasteiger partial charge is 0.264 e. The molecular weight excluding hydrogens is 278 g/mol. The van der Waals surface area contributed by atoms with Crippen molar-refractivity contribution in [3.8, 4) is 0 Å². The lowest BCUT2D eigenvalue weighted by Crippen LogP contribution is -2.46. The highest BCUT2D eigenvalue weighted by molar-refractivity contribution is 5.47. The van der Waals surface area contributed by atoms with Crippen molar-refractivity contribution >= 4 is 5.69 Å². The number of benzene rings is 1. The van der Waals surface area contributed by atoms with Crippen molar-refractivity contribution in [1.29, 1.82) is 0 Å². The Bertz CT molecular complexity index is 653. The van der Waals surface area contributed by atoms with Crippen molar-refractivity contribution < 1.29 is 8.78 Å². The van der Waals surface area contributed by atoms with Crippen LogP contribution in [0.4, 0.5) is 14.5 Å². The minimum absolute atomic E-state index is 0.140. The third-order valence-electron chi connectivity index (χ3n) is 3.63. The molecule has 0 unspecified atom stereocenters. The molecule has 0 aliphatic carbocycles. The van der Waals surface area contributed by atoms with Crippen molar-refractivity contribution in [1.82, 2.24) is 15.1 Å². The molecule has 0 radical (unpaired) electrons. The Balaban J connectivity index is 1.60. The van der Waals surface area contributed by atoms with E-state index in [0.29, 0.717) is 25.3 Å². The number of anilines is 1. The molecule has 1 aromatic heterocycles. The van der Waals surface area contributed by atoms with Crippen LogP contribution in [0.15, 0.2) is 29.1 Å². The topological polar surface area (TPSA) is 55.1 Å². The third-order valence-corrected chi connectivity index (χ3v) is 3.63. The molecule has 2 aromatic rings. The Morgan fingerprint density at radius 3 is 2.19 bits per heavy atom. The zero-order valence-electron chi connectivity index (χ0n) is 11.4. The first-order valence-electron chi connectivity index (χ1n) is 6.80. The monoisotopic (exact) mass is 294 g/mol. The predicted octanol–water partition coefficient (Wildman–Crippen LogP) is 1.30. The number of rotatable bonds is 3. The summed E-state index contributed by atoms with van der Waals surface area (Å²) in [5, 5.41) is 5.32. The molecule has 2 N–H and O–H groups in total. The molecule has 21 heavy (non-hydrogen) atoms. The highest BCUT2D eigenvalue weighted by Gasteiger charge is 2.18. The van der Waals surface area contributed by atoms with Crippen LogP contribution in [0.2, 0.25) is 0 Å². The molecule has 7 heteroatoms. The van der Waals surface area contributed by atoms with Gasteiger partial charge in [-0.05, 0) is 12.1 Å². The van der Waals surface area contributed by atoms with E-state index in [1.807, 2.05) is 4.90 Å². The Kier molecular flexibility index (Phi) is 3.74. The van der Waals surface area contributed by atoms with Gasteiger partial charge >= 0.3 is 0 Å². The highest BCUT2D eigenvalue weighted by Crippen LogP contribution is 2.19. The molecule has 1 aliphatic rings. The molecular formula is C14H16F2N4O. The maximum absolute atomic E-state index is 13.2. The van der Waals surface area contributed by atoms with E-state index in [0.717, 1.165) is 24.8 Å². The molecule has 0 saturated carbocycles. The maximum Gasteiger partial charge on any atom is 0.264 e. The number of hydrogen-bond donors (Lipinski definition) is 2. The van der Waals surface area contributed by atoms with Gasteiger partial charge in [-0.25, -0.2) is 8.78 Å². The molecule has 5 nitrogen and oxygen atoms in total. The Hall–Kier alpha value is -2.15.